The number of carbonyl (C=O) groups is 1. The van der Waals surface area contributed by atoms with Crippen molar-refractivity contribution in [1.82, 2.24) is 5.32 Å². The van der Waals surface area contributed by atoms with Crippen LogP contribution in [0.2, 0.25) is 0 Å². The number of carbonyl (C=O) groups excluding carboxylic acids is 1. The molecule has 0 radical (unpaired) electrons. The van der Waals surface area contributed by atoms with Crippen molar-refractivity contribution in [2.75, 3.05) is 0 Å². The van der Waals surface area contributed by atoms with Crippen LogP contribution in [-0.4, -0.2) is 11.9 Å². The lowest BCUT2D eigenvalue weighted by molar-refractivity contribution is -0.121. The van der Waals surface area contributed by atoms with E-state index in [0.29, 0.717) is 0 Å². The second-order valence-corrected chi connectivity index (χ2v) is 5.14. The van der Waals surface area contributed by atoms with Crippen molar-refractivity contribution in [2.45, 2.75) is 39.8 Å². The maximum absolute atomic E-state index is 13.8. The molecular formula is C14H20F2N2O. The highest BCUT2D eigenvalue weighted by atomic mass is 19.1. The highest BCUT2D eigenvalue weighted by molar-refractivity contribution is 5.80. The lowest BCUT2D eigenvalue weighted by Crippen LogP contribution is -2.46. The number of hydrogen-bond acceptors (Lipinski definition) is 2. The van der Waals surface area contributed by atoms with E-state index in [1.54, 1.807) is 6.92 Å². The first-order chi connectivity index (χ1) is 8.73. The number of primary amides is 1. The molecule has 0 aliphatic rings. The summed E-state index contributed by atoms with van der Waals surface area (Å²) in [6.07, 6.45) is 0. The van der Waals surface area contributed by atoms with Gasteiger partial charge in [-0.3, -0.25) is 10.1 Å². The summed E-state index contributed by atoms with van der Waals surface area (Å²) >= 11 is 0. The van der Waals surface area contributed by atoms with E-state index in [2.05, 4.69) is 5.32 Å². The second kappa shape index (κ2) is 6.10. The largest absolute Gasteiger partial charge is 0.368 e. The molecule has 1 aromatic carbocycles. The molecule has 106 valence electrons. The normalized spacial score (nSPS) is 14.5. The number of rotatable bonds is 5. The van der Waals surface area contributed by atoms with Gasteiger partial charge in [0.05, 0.1) is 6.04 Å². The lowest BCUT2D eigenvalue weighted by Gasteiger charge is -2.24. The summed E-state index contributed by atoms with van der Waals surface area (Å²) < 4.78 is 27.3. The van der Waals surface area contributed by atoms with Gasteiger partial charge in [0.25, 0.3) is 0 Å². The standard InChI is InChI=1S/C14H20F2N2O/c1-7(2)13(14(17)19)18-9(4)10-6-11(15)8(3)5-12(10)16/h5-7,9,13,18H,1-4H3,(H2,17,19). The highest BCUT2D eigenvalue weighted by Gasteiger charge is 2.23. The van der Waals surface area contributed by atoms with E-state index in [0.717, 1.165) is 12.1 Å². The fourth-order valence-corrected chi connectivity index (χ4v) is 1.96. The Kier molecular flexibility index (Phi) is 5.00. The van der Waals surface area contributed by atoms with Crippen molar-refractivity contribution in [1.29, 1.82) is 0 Å². The van der Waals surface area contributed by atoms with Crippen LogP contribution >= 0.6 is 0 Å². The average Bonchev–Trinajstić information content (AvgIpc) is 2.29. The van der Waals surface area contributed by atoms with Crippen LogP contribution in [0.4, 0.5) is 8.78 Å². The first-order valence-corrected chi connectivity index (χ1v) is 6.25. The summed E-state index contributed by atoms with van der Waals surface area (Å²) in [4.78, 5) is 11.3. The summed E-state index contributed by atoms with van der Waals surface area (Å²) in [6.45, 7) is 6.84. The van der Waals surface area contributed by atoms with Crippen molar-refractivity contribution in [3.05, 3.63) is 34.9 Å². The predicted molar refractivity (Wildman–Crippen MR) is 70.5 cm³/mol. The van der Waals surface area contributed by atoms with Gasteiger partial charge in [-0.25, -0.2) is 8.78 Å². The van der Waals surface area contributed by atoms with Crippen molar-refractivity contribution in [3.8, 4) is 0 Å². The van der Waals surface area contributed by atoms with Gasteiger partial charge in [0, 0.05) is 11.6 Å². The molecule has 3 N–H and O–H groups in total. The summed E-state index contributed by atoms with van der Waals surface area (Å²) in [5.41, 5.74) is 5.73. The van der Waals surface area contributed by atoms with E-state index < -0.39 is 29.6 Å². The Morgan fingerprint density at radius 3 is 2.26 bits per heavy atom. The zero-order valence-electron chi connectivity index (χ0n) is 11.6. The van der Waals surface area contributed by atoms with Gasteiger partial charge in [-0.1, -0.05) is 13.8 Å². The van der Waals surface area contributed by atoms with Crippen molar-refractivity contribution >= 4 is 5.91 Å². The van der Waals surface area contributed by atoms with E-state index in [-0.39, 0.29) is 17.0 Å². The van der Waals surface area contributed by atoms with Crippen LogP contribution in [-0.2, 0) is 4.79 Å². The molecule has 19 heavy (non-hydrogen) atoms. The van der Waals surface area contributed by atoms with E-state index in [4.69, 9.17) is 5.73 Å². The van der Waals surface area contributed by atoms with Crippen LogP contribution in [0.15, 0.2) is 12.1 Å². The van der Waals surface area contributed by atoms with Gasteiger partial charge in [-0.2, -0.15) is 0 Å². The van der Waals surface area contributed by atoms with Gasteiger partial charge in [-0.05, 0) is 37.5 Å². The molecular weight excluding hydrogens is 250 g/mol. The highest BCUT2D eigenvalue weighted by Crippen LogP contribution is 2.21. The zero-order chi connectivity index (χ0) is 14.7. The molecule has 1 rings (SSSR count). The molecule has 5 heteroatoms. The number of benzene rings is 1. The van der Waals surface area contributed by atoms with Gasteiger partial charge in [-0.15, -0.1) is 0 Å². The Morgan fingerprint density at radius 1 is 1.21 bits per heavy atom. The number of hydrogen-bond donors (Lipinski definition) is 2. The molecule has 3 nitrogen and oxygen atoms in total. The average molecular weight is 270 g/mol. The van der Waals surface area contributed by atoms with Crippen LogP contribution in [0, 0.1) is 24.5 Å². The van der Waals surface area contributed by atoms with Crippen LogP contribution < -0.4 is 11.1 Å². The Labute approximate surface area is 112 Å². The molecule has 0 fully saturated rings. The quantitative estimate of drug-likeness (QED) is 0.863. The van der Waals surface area contributed by atoms with Gasteiger partial charge in [0.1, 0.15) is 11.6 Å². The fraction of sp³-hybridized carbons (Fsp3) is 0.500. The third-order valence-corrected chi connectivity index (χ3v) is 3.15. The minimum atomic E-state index is -0.584. The van der Waals surface area contributed by atoms with E-state index in [1.807, 2.05) is 13.8 Å². The monoisotopic (exact) mass is 270 g/mol. The minimum absolute atomic E-state index is 0.0293. The molecule has 1 aromatic rings. The van der Waals surface area contributed by atoms with Crippen LogP contribution in [0.25, 0.3) is 0 Å². The molecule has 0 saturated heterocycles. The predicted octanol–water partition coefficient (Wildman–Crippen LogP) is 2.43. The van der Waals surface area contributed by atoms with Crippen molar-refractivity contribution in [3.63, 3.8) is 0 Å². The Balaban J connectivity index is 2.97. The number of amides is 1. The maximum atomic E-state index is 13.8. The summed E-state index contributed by atoms with van der Waals surface area (Å²) in [6, 6.07) is 1.21. The first kappa shape index (κ1) is 15.6. The smallest absolute Gasteiger partial charge is 0.234 e. The third kappa shape index (κ3) is 3.73. The van der Waals surface area contributed by atoms with Gasteiger partial charge in [0.2, 0.25) is 5.91 Å². The maximum Gasteiger partial charge on any atom is 0.234 e. The van der Waals surface area contributed by atoms with Crippen molar-refractivity contribution in [2.24, 2.45) is 11.7 Å². The number of nitrogens with two attached hydrogens (primary N) is 1. The number of halogens is 2. The topological polar surface area (TPSA) is 55.1 Å². The van der Waals surface area contributed by atoms with Gasteiger partial charge in [0.15, 0.2) is 0 Å². The van der Waals surface area contributed by atoms with Gasteiger partial charge >= 0.3 is 0 Å². The van der Waals surface area contributed by atoms with Crippen LogP contribution in [0.5, 0.6) is 0 Å². The molecule has 2 atom stereocenters. The molecule has 0 spiro atoms. The van der Waals surface area contributed by atoms with Crippen LogP contribution in [0.1, 0.15) is 37.9 Å². The Bertz CT molecular complexity index is 475. The summed E-state index contributed by atoms with van der Waals surface area (Å²) in [5, 5.41) is 2.94. The minimum Gasteiger partial charge on any atom is -0.368 e. The molecule has 0 heterocycles. The SMILES string of the molecule is Cc1cc(F)c(C(C)NC(C(N)=O)C(C)C)cc1F. The van der Waals surface area contributed by atoms with Crippen molar-refractivity contribution < 1.29 is 13.6 Å². The van der Waals surface area contributed by atoms with E-state index >= 15 is 0 Å². The molecule has 0 aliphatic heterocycles. The zero-order valence-corrected chi connectivity index (χ0v) is 11.6. The molecule has 0 bridgehead atoms. The van der Waals surface area contributed by atoms with Crippen LogP contribution in [0.3, 0.4) is 0 Å². The molecule has 0 saturated carbocycles. The third-order valence-electron chi connectivity index (χ3n) is 3.15. The van der Waals surface area contributed by atoms with E-state index in [9.17, 15) is 13.6 Å². The molecule has 2 unspecified atom stereocenters. The number of nitrogens with one attached hydrogen (secondary N) is 1. The van der Waals surface area contributed by atoms with E-state index in [1.165, 1.54) is 6.92 Å². The van der Waals surface area contributed by atoms with Gasteiger partial charge < -0.3 is 5.73 Å². The lowest BCUT2D eigenvalue weighted by atomic mass is 9.99. The molecule has 0 aliphatic carbocycles. The Hall–Kier alpha value is -1.49. The Morgan fingerprint density at radius 2 is 1.79 bits per heavy atom. The summed E-state index contributed by atoms with van der Waals surface area (Å²) in [7, 11) is 0. The fourth-order valence-electron chi connectivity index (χ4n) is 1.96. The first-order valence-electron chi connectivity index (χ1n) is 6.25. The molecule has 1 amide bonds. The second-order valence-electron chi connectivity index (χ2n) is 5.14. The molecule has 0 aromatic heterocycles. The summed E-state index contributed by atoms with van der Waals surface area (Å²) in [5.74, 6) is -1.50. The number of aryl methyl sites for hydroxylation is 1.